The van der Waals surface area contributed by atoms with Crippen LogP contribution in [0.25, 0.3) is 0 Å². The number of pyridine rings is 1. The van der Waals surface area contributed by atoms with Crippen LogP contribution in [-0.4, -0.2) is 26.3 Å². The summed E-state index contributed by atoms with van der Waals surface area (Å²) in [5.41, 5.74) is 0.712. The average molecular weight is 246 g/mol. The minimum Gasteiger partial charge on any atom is -0.368 e. The van der Waals surface area contributed by atoms with Gasteiger partial charge in [0.15, 0.2) is 12.5 Å². The first-order valence-electron chi connectivity index (χ1n) is 5.51. The molecule has 6 heteroatoms. The summed E-state index contributed by atoms with van der Waals surface area (Å²) in [5, 5.41) is 12.4. The second-order valence-electron chi connectivity index (χ2n) is 3.65. The number of hydrogen-bond donors (Lipinski definition) is 2. The van der Waals surface area contributed by atoms with Gasteiger partial charge in [-0.3, -0.25) is 0 Å². The fourth-order valence-corrected chi connectivity index (χ4v) is 1.42. The Morgan fingerprint density at radius 3 is 2.67 bits per heavy atom. The number of rotatable bonds is 5. The second-order valence-corrected chi connectivity index (χ2v) is 3.65. The molecule has 0 aliphatic rings. The average Bonchev–Trinajstić information content (AvgIpc) is 2.40. The third kappa shape index (κ3) is 3.47. The second kappa shape index (κ2) is 6.04. The molecule has 0 saturated heterocycles. The van der Waals surface area contributed by atoms with Crippen LogP contribution in [0, 0.1) is 0 Å². The molecule has 6 nitrogen and oxygen atoms in total. The van der Waals surface area contributed by atoms with E-state index in [0.29, 0.717) is 11.4 Å². The van der Waals surface area contributed by atoms with Crippen LogP contribution in [0.2, 0.25) is 0 Å². The van der Waals surface area contributed by atoms with Crippen molar-refractivity contribution >= 4 is 5.82 Å². The highest BCUT2D eigenvalue weighted by Crippen LogP contribution is 2.19. The summed E-state index contributed by atoms with van der Waals surface area (Å²) in [4.78, 5) is 12.0. The van der Waals surface area contributed by atoms with E-state index in [1.54, 1.807) is 18.6 Å². The van der Waals surface area contributed by atoms with Gasteiger partial charge in [-0.15, -0.1) is 0 Å². The lowest BCUT2D eigenvalue weighted by molar-refractivity contribution is -0.117. The maximum atomic E-state index is 9.34. The van der Waals surface area contributed by atoms with Crippen molar-refractivity contribution in [2.24, 2.45) is 0 Å². The summed E-state index contributed by atoms with van der Waals surface area (Å²) in [5.74, 6) is 0.645. The molecule has 2 N–H and O–H groups in total. The smallest absolute Gasteiger partial charge is 0.161 e. The number of aromatic nitrogens is 3. The van der Waals surface area contributed by atoms with Gasteiger partial charge in [0.1, 0.15) is 12.1 Å². The first kappa shape index (κ1) is 12.4. The Morgan fingerprint density at radius 1 is 1.28 bits per heavy atom. The van der Waals surface area contributed by atoms with Crippen LogP contribution in [0.3, 0.4) is 0 Å². The van der Waals surface area contributed by atoms with Gasteiger partial charge in [-0.1, -0.05) is 6.07 Å². The van der Waals surface area contributed by atoms with Crippen molar-refractivity contribution in [1.29, 1.82) is 0 Å². The molecule has 0 fully saturated rings. The van der Waals surface area contributed by atoms with E-state index in [-0.39, 0.29) is 0 Å². The zero-order valence-corrected chi connectivity index (χ0v) is 9.89. The lowest BCUT2D eigenvalue weighted by atomic mass is 10.3. The molecule has 0 aliphatic carbocycles. The lowest BCUT2D eigenvalue weighted by Gasteiger charge is -2.21. The van der Waals surface area contributed by atoms with Crippen LogP contribution < -0.4 is 5.32 Å². The van der Waals surface area contributed by atoms with E-state index in [4.69, 9.17) is 4.74 Å². The molecule has 18 heavy (non-hydrogen) atoms. The highest BCUT2D eigenvalue weighted by atomic mass is 16.6. The van der Waals surface area contributed by atoms with Crippen molar-refractivity contribution in [2.45, 2.75) is 19.4 Å². The topological polar surface area (TPSA) is 80.2 Å². The summed E-state index contributed by atoms with van der Waals surface area (Å²) in [6.45, 7) is 1.54. The number of anilines is 1. The van der Waals surface area contributed by atoms with Gasteiger partial charge in [0.25, 0.3) is 0 Å². The largest absolute Gasteiger partial charge is 0.368 e. The first-order valence-corrected chi connectivity index (χ1v) is 5.51. The molecule has 0 bridgehead atoms. The molecule has 2 unspecified atom stereocenters. The van der Waals surface area contributed by atoms with Gasteiger partial charge in [-0.2, -0.15) is 0 Å². The predicted octanol–water partition coefficient (Wildman–Crippen LogP) is 1.34. The third-order valence-electron chi connectivity index (χ3n) is 2.16. The van der Waals surface area contributed by atoms with Gasteiger partial charge in [-0.25, -0.2) is 15.0 Å². The Balaban J connectivity index is 2.16. The molecule has 0 radical (unpaired) electrons. The molecule has 2 rings (SSSR count). The Hall–Kier alpha value is -2.05. The third-order valence-corrected chi connectivity index (χ3v) is 2.16. The Bertz CT molecular complexity index is 464. The predicted molar refractivity (Wildman–Crippen MR) is 65.4 cm³/mol. The Kier molecular flexibility index (Phi) is 4.16. The summed E-state index contributed by atoms with van der Waals surface area (Å²) in [7, 11) is 0. The van der Waals surface area contributed by atoms with E-state index >= 15 is 0 Å². The molecule has 2 aromatic rings. The number of hydrogen-bond acceptors (Lipinski definition) is 6. The number of nitrogens with one attached hydrogen (secondary N) is 1. The molecule has 0 aliphatic heterocycles. The van der Waals surface area contributed by atoms with Gasteiger partial charge in [0, 0.05) is 24.2 Å². The van der Waals surface area contributed by atoms with Gasteiger partial charge >= 0.3 is 0 Å². The first-order chi connectivity index (χ1) is 8.75. The molecule has 2 heterocycles. The SMILES string of the molecule is CC(O)OC(Nc1ccccn1)c1cncnc1. The fraction of sp³-hybridized carbons (Fsp3) is 0.250. The summed E-state index contributed by atoms with van der Waals surface area (Å²) in [6, 6.07) is 5.49. The summed E-state index contributed by atoms with van der Waals surface area (Å²) < 4.78 is 5.36. The highest BCUT2D eigenvalue weighted by Gasteiger charge is 2.15. The van der Waals surface area contributed by atoms with Crippen LogP contribution in [0.4, 0.5) is 5.82 Å². The minimum absolute atomic E-state index is 0.555. The number of aliphatic hydroxyl groups is 1. The molecular weight excluding hydrogens is 232 g/mol. The Morgan fingerprint density at radius 2 is 2.06 bits per heavy atom. The van der Waals surface area contributed by atoms with Crippen molar-refractivity contribution < 1.29 is 9.84 Å². The van der Waals surface area contributed by atoms with Crippen molar-refractivity contribution in [3.8, 4) is 0 Å². The maximum Gasteiger partial charge on any atom is 0.161 e. The van der Waals surface area contributed by atoms with E-state index in [9.17, 15) is 5.11 Å². The zero-order valence-electron chi connectivity index (χ0n) is 9.89. The van der Waals surface area contributed by atoms with Crippen LogP contribution in [0.15, 0.2) is 43.1 Å². The summed E-state index contributed by atoms with van der Waals surface area (Å²) in [6.07, 6.45) is 4.88. The fourth-order valence-electron chi connectivity index (χ4n) is 1.42. The summed E-state index contributed by atoms with van der Waals surface area (Å²) >= 11 is 0. The molecule has 2 atom stereocenters. The van der Waals surface area contributed by atoms with Gasteiger partial charge in [0.2, 0.25) is 0 Å². The standard InChI is InChI=1S/C12H14N4O2/c1-9(17)18-12(10-6-13-8-14-7-10)16-11-4-2-3-5-15-11/h2-9,12,17H,1H3,(H,15,16). The molecule has 2 aromatic heterocycles. The van der Waals surface area contributed by atoms with Crippen molar-refractivity contribution in [3.63, 3.8) is 0 Å². The van der Waals surface area contributed by atoms with Crippen molar-refractivity contribution in [1.82, 2.24) is 15.0 Å². The molecule has 0 aromatic carbocycles. The van der Waals surface area contributed by atoms with E-state index in [2.05, 4.69) is 20.3 Å². The molecule has 94 valence electrons. The van der Waals surface area contributed by atoms with Crippen LogP contribution >= 0.6 is 0 Å². The monoisotopic (exact) mass is 246 g/mol. The lowest BCUT2D eigenvalue weighted by Crippen LogP contribution is -2.20. The molecule has 0 amide bonds. The van der Waals surface area contributed by atoms with E-state index < -0.39 is 12.5 Å². The Labute approximate surface area is 105 Å². The number of ether oxygens (including phenoxy) is 1. The van der Waals surface area contributed by atoms with Crippen LogP contribution in [-0.2, 0) is 4.74 Å². The normalized spacial score (nSPS) is 13.9. The number of nitrogens with zero attached hydrogens (tertiary/aromatic N) is 3. The van der Waals surface area contributed by atoms with Crippen molar-refractivity contribution in [3.05, 3.63) is 48.7 Å². The molecule has 0 spiro atoms. The van der Waals surface area contributed by atoms with Crippen LogP contribution in [0.5, 0.6) is 0 Å². The van der Waals surface area contributed by atoms with E-state index in [1.165, 1.54) is 13.3 Å². The molecule has 0 saturated carbocycles. The zero-order chi connectivity index (χ0) is 12.8. The van der Waals surface area contributed by atoms with E-state index in [1.807, 2.05) is 18.2 Å². The highest BCUT2D eigenvalue weighted by molar-refractivity contribution is 5.35. The quantitative estimate of drug-likeness (QED) is 0.775. The maximum absolute atomic E-state index is 9.34. The minimum atomic E-state index is -0.911. The van der Waals surface area contributed by atoms with E-state index in [0.717, 1.165) is 0 Å². The molecular formula is C12H14N4O2. The van der Waals surface area contributed by atoms with Gasteiger partial charge in [0.05, 0.1) is 0 Å². The van der Waals surface area contributed by atoms with Crippen LogP contribution in [0.1, 0.15) is 18.7 Å². The van der Waals surface area contributed by atoms with Gasteiger partial charge in [-0.05, 0) is 19.1 Å². The van der Waals surface area contributed by atoms with Gasteiger partial charge < -0.3 is 15.2 Å². The van der Waals surface area contributed by atoms with Crippen molar-refractivity contribution in [2.75, 3.05) is 5.32 Å². The number of aliphatic hydroxyl groups excluding tert-OH is 1.